The van der Waals surface area contributed by atoms with Gasteiger partial charge in [0.05, 0.1) is 11.2 Å². The minimum Gasteiger partial charge on any atom is -0.291 e. The number of rotatable bonds is 3. The highest BCUT2D eigenvalue weighted by Gasteiger charge is 2.61. The predicted octanol–water partition coefficient (Wildman–Crippen LogP) is 3.48. The summed E-state index contributed by atoms with van der Waals surface area (Å²) in [5.74, 6) is -6.27. The minimum atomic E-state index is -5.75. The van der Waals surface area contributed by atoms with Gasteiger partial charge in [0.1, 0.15) is 5.69 Å². The molecule has 0 N–H and O–H groups in total. The molecule has 0 saturated heterocycles. The Kier molecular flexibility index (Phi) is 4.18. The summed E-state index contributed by atoms with van der Waals surface area (Å²) >= 11 is 5.42. The highest BCUT2D eigenvalue weighted by Crippen LogP contribution is 2.41. The molecule has 1 heterocycles. The summed E-state index contributed by atoms with van der Waals surface area (Å²) in [6.45, 7) is 1.31. The molecule has 0 bridgehead atoms. The quantitative estimate of drug-likeness (QED) is 0.633. The number of halogens is 7. The molecule has 108 valence electrons. The van der Waals surface area contributed by atoms with Crippen LogP contribution in [0.25, 0.3) is 0 Å². The molecule has 0 aliphatic heterocycles. The van der Waals surface area contributed by atoms with Crippen molar-refractivity contribution in [3.63, 3.8) is 0 Å². The third-order valence-corrected chi connectivity index (χ3v) is 2.52. The third-order valence-electron chi connectivity index (χ3n) is 2.24. The van der Waals surface area contributed by atoms with Crippen LogP contribution in [0.5, 0.6) is 0 Å². The molecule has 10 heteroatoms. The van der Waals surface area contributed by atoms with Gasteiger partial charge < -0.3 is 0 Å². The summed E-state index contributed by atoms with van der Waals surface area (Å²) in [5, 5.41) is 2.88. The molecule has 0 atom stereocenters. The molecule has 1 aromatic rings. The largest absolute Gasteiger partial charge is 0.407 e. The molecule has 0 unspecified atom stereocenters. The Morgan fingerprint density at radius 1 is 1.32 bits per heavy atom. The molecule has 0 spiro atoms. The van der Waals surface area contributed by atoms with Gasteiger partial charge in [-0.15, -0.1) is 0 Å². The fourth-order valence-electron chi connectivity index (χ4n) is 1.47. The van der Waals surface area contributed by atoms with Gasteiger partial charge in [0.15, 0.2) is 0 Å². The second-order valence-electron chi connectivity index (χ2n) is 3.54. The lowest BCUT2D eigenvalue weighted by atomic mass is 10.00. The first-order chi connectivity index (χ1) is 8.50. The van der Waals surface area contributed by atoms with Crippen LogP contribution in [0.3, 0.4) is 0 Å². The lowest BCUT2D eigenvalue weighted by Gasteiger charge is -2.21. The number of ketones is 1. The van der Waals surface area contributed by atoms with E-state index in [4.69, 9.17) is 11.6 Å². The van der Waals surface area contributed by atoms with Crippen molar-refractivity contribution < 1.29 is 31.1 Å². The van der Waals surface area contributed by atoms with Crippen LogP contribution in [0.15, 0.2) is 6.20 Å². The van der Waals surface area contributed by atoms with Crippen LogP contribution in [0, 0.1) is 5.92 Å². The zero-order valence-electron chi connectivity index (χ0n) is 9.31. The van der Waals surface area contributed by atoms with Crippen molar-refractivity contribution in [2.75, 3.05) is 0 Å². The van der Waals surface area contributed by atoms with Crippen molar-refractivity contribution in [1.82, 2.24) is 9.78 Å². The van der Waals surface area contributed by atoms with E-state index in [0.29, 0.717) is 4.68 Å². The lowest BCUT2D eigenvalue weighted by molar-refractivity contribution is -0.265. The number of hydrogen-bond donors (Lipinski definition) is 0. The molecule has 1 rings (SSSR count). The molecule has 0 saturated carbocycles. The van der Waals surface area contributed by atoms with Crippen LogP contribution in [0.4, 0.5) is 26.3 Å². The van der Waals surface area contributed by atoms with E-state index < -0.39 is 34.8 Å². The summed E-state index contributed by atoms with van der Waals surface area (Å²) in [6.07, 6.45) is -10.7. The van der Waals surface area contributed by atoms with Crippen LogP contribution < -0.4 is 0 Å². The fourth-order valence-corrected chi connectivity index (χ4v) is 1.70. The molecule has 0 aliphatic carbocycles. The van der Waals surface area contributed by atoms with E-state index in [0.717, 1.165) is 6.20 Å². The minimum absolute atomic E-state index is 0.0871. The highest BCUT2D eigenvalue weighted by molar-refractivity contribution is 6.33. The molecule has 0 radical (unpaired) electrons. The smallest absolute Gasteiger partial charge is 0.291 e. The zero-order valence-corrected chi connectivity index (χ0v) is 10.1. The first-order valence-electron chi connectivity index (χ1n) is 4.89. The molecule has 0 aliphatic rings. The van der Waals surface area contributed by atoms with Gasteiger partial charge in [-0.2, -0.15) is 31.4 Å². The lowest BCUT2D eigenvalue weighted by Crippen LogP contribution is -2.43. The normalized spacial score (nSPS) is 13.1. The van der Waals surface area contributed by atoms with Crippen LogP contribution in [-0.2, 0) is 6.54 Å². The number of aromatic nitrogens is 2. The number of nitrogens with zero attached hydrogens (tertiary/aromatic N) is 2. The van der Waals surface area contributed by atoms with Gasteiger partial charge in [0.25, 0.3) is 0 Å². The van der Waals surface area contributed by atoms with E-state index in [9.17, 15) is 31.1 Å². The topological polar surface area (TPSA) is 34.9 Å². The maximum Gasteiger partial charge on any atom is 0.407 e. The van der Waals surface area contributed by atoms with Crippen molar-refractivity contribution in [1.29, 1.82) is 0 Å². The van der Waals surface area contributed by atoms with E-state index in [-0.39, 0.29) is 6.54 Å². The van der Waals surface area contributed by atoms with E-state index in [1.54, 1.807) is 0 Å². The Morgan fingerprint density at radius 3 is 2.16 bits per heavy atom. The van der Waals surface area contributed by atoms with Gasteiger partial charge in [0.2, 0.25) is 11.7 Å². The zero-order chi connectivity index (χ0) is 15.0. The number of alkyl halides is 6. The van der Waals surface area contributed by atoms with Gasteiger partial charge in [-0.3, -0.25) is 9.48 Å². The van der Waals surface area contributed by atoms with Crippen molar-refractivity contribution in [3.05, 3.63) is 16.9 Å². The number of aryl methyl sites for hydroxylation is 1. The average molecular weight is 309 g/mol. The van der Waals surface area contributed by atoms with E-state index in [1.165, 1.54) is 6.92 Å². The molecule has 1 aromatic heterocycles. The number of hydrogen-bond acceptors (Lipinski definition) is 2. The molecule has 3 nitrogen and oxygen atoms in total. The number of carbonyl (C=O) groups is 1. The Labute approximate surface area is 108 Å². The van der Waals surface area contributed by atoms with Crippen molar-refractivity contribution in [2.45, 2.75) is 25.8 Å². The summed E-state index contributed by atoms with van der Waals surface area (Å²) in [5.41, 5.74) is -0.899. The summed E-state index contributed by atoms with van der Waals surface area (Å²) in [7, 11) is 0. The second-order valence-corrected chi connectivity index (χ2v) is 3.94. The van der Waals surface area contributed by atoms with Crippen LogP contribution >= 0.6 is 11.6 Å². The first-order valence-corrected chi connectivity index (χ1v) is 5.26. The van der Waals surface area contributed by atoms with Crippen molar-refractivity contribution in [2.24, 2.45) is 5.92 Å². The Hall–Kier alpha value is -1.25. The molecule has 0 aromatic carbocycles. The Bertz CT molecular complexity index is 464. The number of carbonyl (C=O) groups excluding carboxylic acids is 1. The van der Waals surface area contributed by atoms with Crippen LogP contribution in [0.1, 0.15) is 17.4 Å². The molecule has 19 heavy (non-hydrogen) atoms. The molecular weight excluding hydrogens is 302 g/mol. The van der Waals surface area contributed by atoms with Crippen molar-refractivity contribution in [3.8, 4) is 0 Å². The first kappa shape index (κ1) is 15.8. The molecule has 0 amide bonds. The van der Waals surface area contributed by atoms with Crippen LogP contribution in [0.2, 0.25) is 5.02 Å². The molecule has 0 fully saturated rings. The van der Waals surface area contributed by atoms with Gasteiger partial charge in [-0.25, -0.2) is 0 Å². The molecular formula is C9H7ClF6N2O. The summed E-state index contributed by atoms with van der Waals surface area (Å²) in [4.78, 5) is 11.5. The predicted molar refractivity (Wildman–Crippen MR) is 52.8 cm³/mol. The fraction of sp³-hybridized carbons (Fsp3) is 0.556. The average Bonchev–Trinajstić information content (AvgIpc) is 2.54. The Morgan fingerprint density at radius 2 is 1.79 bits per heavy atom. The standard InChI is InChI=1S/C9H7ClF6N2O/c1-2-18-5(4(10)3-17-18)6(19)7(8(11,12)13)9(14,15)16/h3,7H,2H2,1H3. The SMILES string of the molecule is CCn1ncc(Cl)c1C(=O)C(C(F)(F)F)C(F)(F)F. The van der Waals surface area contributed by atoms with E-state index in [1.807, 2.05) is 0 Å². The third kappa shape index (κ3) is 3.20. The monoisotopic (exact) mass is 308 g/mol. The Balaban J connectivity index is 3.32. The maximum absolute atomic E-state index is 12.4. The number of Topliss-reactive ketones (excluding diaryl/α,β-unsaturated/α-hetero) is 1. The summed E-state index contributed by atoms with van der Waals surface area (Å²) < 4.78 is 75.2. The highest BCUT2D eigenvalue weighted by atomic mass is 35.5. The van der Waals surface area contributed by atoms with Gasteiger partial charge in [-0.1, -0.05) is 11.6 Å². The van der Waals surface area contributed by atoms with Crippen LogP contribution in [-0.4, -0.2) is 27.9 Å². The van der Waals surface area contributed by atoms with Gasteiger partial charge in [0, 0.05) is 6.54 Å². The van der Waals surface area contributed by atoms with E-state index >= 15 is 0 Å². The summed E-state index contributed by atoms with van der Waals surface area (Å²) in [6, 6.07) is 0. The van der Waals surface area contributed by atoms with Gasteiger partial charge in [-0.05, 0) is 6.92 Å². The maximum atomic E-state index is 12.4. The van der Waals surface area contributed by atoms with Gasteiger partial charge >= 0.3 is 12.4 Å². The van der Waals surface area contributed by atoms with Crippen molar-refractivity contribution >= 4 is 17.4 Å². The second kappa shape index (κ2) is 5.03. The van der Waals surface area contributed by atoms with E-state index in [2.05, 4.69) is 5.10 Å².